The molecule has 3 aromatic rings. The van der Waals surface area contributed by atoms with Gasteiger partial charge in [0.05, 0.1) is 26.5 Å². The van der Waals surface area contributed by atoms with Crippen molar-refractivity contribution in [3.63, 3.8) is 0 Å². The van der Waals surface area contributed by atoms with E-state index in [0.717, 1.165) is 16.2 Å². The number of rotatable bonds is 7. The minimum atomic E-state index is -0.183. The van der Waals surface area contributed by atoms with Crippen LogP contribution in [0, 0.1) is 0 Å². The molecule has 26 heavy (non-hydrogen) atoms. The summed E-state index contributed by atoms with van der Waals surface area (Å²) in [6.07, 6.45) is 1.60. The van der Waals surface area contributed by atoms with E-state index in [-0.39, 0.29) is 6.03 Å². The molecule has 1 aromatic carbocycles. The number of halogens is 1. The average molecular weight is 391 g/mol. The van der Waals surface area contributed by atoms with Gasteiger partial charge in [-0.2, -0.15) is 0 Å². The van der Waals surface area contributed by atoms with Crippen molar-refractivity contribution in [1.29, 1.82) is 0 Å². The maximum Gasteiger partial charge on any atom is 0.318 e. The Morgan fingerprint density at radius 1 is 1.27 bits per heavy atom. The molecule has 0 atom stereocenters. The Kier molecular flexibility index (Phi) is 6.20. The predicted molar refractivity (Wildman–Crippen MR) is 103 cm³/mol. The summed E-state index contributed by atoms with van der Waals surface area (Å²) in [4.78, 5) is 15.6. The zero-order valence-corrected chi connectivity index (χ0v) is 15.8. The number of furan rings is 1. The number of benzene rings is 1. The van der Waals surface area contributed by atoms with Crippen LogP contribution in [0.2, 0.25) is 5.02 Å². The van der Waals surface area contributed by atoms with Crippen LogP contribution in [-0.2, 0) is 19.6 Å². The lowest BCUT2D eigenvalue weighted by Crippen LogP contribution is -2.38. The van der Waals surface area contributed by atoms with E-state index in [9.17, 15) is 4.79 Å². The van der Waals surface area contributed by atoms with E-state index < -0.39 is 0 Å². The molecule has 136 valence electrons. The normalized spacial score (nSPS) is 10.5. The molecule has 0 saturated carbocycles. The number of thiophene rings is 1. The Morgan fingerprint density at radius 3 is 2.85 bits per heavy atom. The number of hydrogen-bond donors (Lipinski definition) is 1. The van der Waals surface area contributed by atoms with Gasteiger partial charge in [0, 0.05) is 22.0 Å². The summed E-state index contributed by atoms with van der Waals surface area (Å²) in [5.74, 6) is 1.42. The van der Waals surface area contributed by atoms with Crippen molar-refractivity contribution in [3.8, 4) is 5.75 Å². The Morgan fingerprint density at radius 2 is 2.15 bits per heavy atom. The molecule has 7 heteroatoms. The summed E-state index contributed by atoms with van der Waals surface area (Å²) < 4.78 is 10.7. The van der Waals surface area contributed by atoms with E-state index >= 15 is 0 Å². The lowest BCUT2D eigenvalue weighted by atomic mass is 10.2. The van der Waals surface area contributed by atoms with Gasteiger partial charge < -0.3 is 19.4 Å². The molecule has 2 amide bonds. The fourth-order valence-corrected chi connectivity index (χ4v) is 3.46. The van der Waals surface area contributed by atoms with Gasteiger partial charge in [0.15, 0.2) is 0 Å². The summed E-state index contributed by atoms with van der Waals surface area (Å²) in [5, 5.41) is 5.53. The molecule has 0 aliphatic rings. The second-order valence-electron chi connectivity index (χ2n) is 5.63. The third-order valence-corrected chi connectivity index (χ3v) is 4.91. The summed E-state index contributed by atoms with van der Waals surface area (Å²) in [6, 6.07) is 12.8. The van der Waals surface area contributed by atoms with Crippen molar-refractivity contribution in [2.75, 3.05) is 7.11 Å². The van der Waals surface area contributed by atoms with Gasteiger partial charge in [-0.05, 0) is 41.8 Å². The van der Waals surface area contributed by atoms with Crippen molar-refractivity contribution < 1.29 is 13.9 Å². The topological polar surface area (TPSA) is 54.7 Å². The minimum absolute atomic E-state index is 0.183. The summed E-state index contributed by atoms with van der Waals surface area (Å²) in [5.41, 5.74) is 0.822. The SMILES string of the molecule is COc1ccc(Cl)cc1CNC(=O)N(Cc1ccco1)Cc1cccs1. The minimum Gasteiger partial charge on any atom is -0.496 e. The highest BCUT2D eigenvalue weighted by Crippen LogP contribution is 2.22. The van der Waals surface area contributed by atoms with Crippen LogP contribution in [0.15, 0.2) is 58.5 Å². The molecule has 5 nitrogen and oxygen atoms in total. The second-order valence-corrected chi connectivity index (χ2v) is 7.10. The average Bonchev–Trinajstić information content (AvgIpc) is 3.33. The first-order valence-corrected chi connectivity index (χ1v) is 9.31. The van der Waals surface area contributed by atoms with Crippen molar-refractivity contribution in [2.45, 2.75) is 19.6 Å². The monoisotopic (exact) mass is 390 g/mol. The maximum absolute atomic E-state index is 12.8. The third-order valence-electron chi connectivity index (χ3n) is 3.81. The van der Waals surface area contributed by atoms with E-state index in [1.807, 2.05) is 29.6 Å². The highest BCUT2D eigenvalue weighted by molar-refractivity contribution is 7.09. The summed E-state index contributed by atoms with van der Waals surface area (Å²) in [7, 11) is 1.59. The molecule has 2 heterocycles. The van der Waals surface area contributed by atoms with Crippen LogP contribution in [0.3, 0.4) is 0 Å². The first-order chi connectivity index (χ1) is 12.7. The zero-order valence-electron chi connectivity index (χ0n) is 14.3. The van der Waals surface area contributed by atoms with Crippen LogP contribution in [0.25, 0.3) is 0 Å². The quantitative estimate of drug-likeness (QED) is 0.623. The fourth-order valence-electron chi connectivity index (χ4n) is 2.55. The van der Waals surface area contributed by atoms with Crippen molar-refractivity contribution >= 4 is 29.0 Å². The van der Waals surface area contributed by atoms with Gasteiger partial charge in [-0.1, -0.05) is 17.7 Å². The molecule has 0 saturated heterocycles. The smallest absolute Gasteiger partial charge is 0.318 e. The molecule has 0 radical (unpaired) electrons. The number of ether oxygens (including phenoxy) is 1. The van der Waals surface area contributed by atoms with E-state index in [1.165, 1.54) is 0 Å². The van der Waals surface area contributed by atoms with Crippen LogP contribution in [0.5, 0.6) is 5.75 Å². The van der Waals surface area contributed by atoms with Crippen molar-refractivity contribution in [2.24, 2.45) is 0 Å². The third kappa shape index (κ3) is 4.80. The molecule has 0 bridgehead atoms. The lowest BCUT2D eigenvalue weighted by molar-refractivity contribution is 0.187. The first-order valence-electron chi connectivity index (χ1n) is 8.05. The number of amides is 2. The van der Waals surface area contributed by atoms with E-state index in [4.69, 9.17) is 20.8 Å². The van der Waals surface area contributed by atoms with Crippen molar-refractivity contribution in [1.82, 2.24) is 10.2 Å². The second kappa shape index (κ2) is 8.78. The highest BCUT2D eigenvalue weighted by atomic mass is 35.5. The number of carbonyl (C=O) groups is 1. The number of nitrogens with zero attached hydrogens (tertiary/aromatic N) is 1. The molecule has 0 spiro atoms. The van der Waals surface area contributed by atoms with Gasteiger partial charge >= 0.3 is 6.03 Å². The fraction of sp³-hybridized carbons (Fsp3) is 0.211. The highest BCUT2D eigenvalue weighted by Gasteiger charge is 2.17. The number of nitrogens with one attached hydrogen (secondary N) is 1. The molecular weight excluding hydrogens is 372 g/mol. The molecule has 1 N–H and O–H groups in total. The van der Waals surface area contributed by atoms with Gasteiger partial charge in [-0.15, -0.1) is 11.3 Å². The van der Waals surface area contributed by atoms with Gasteiger partial charge in [0.1, 0.15) is 11.5 Å². The van der Waals surface area contributed by atoms with E-state index in [1.54, 1.807) is 47.8 Å². The Hall–Kier alpha value is -2.44. The zero-order chi connectivity index (χ0) is 18.4. The van der Waals surface area contributed by atoms with Crippen LogP contribution in [-0.4, -0.2) is 18.0 Å². The van der Waals surface area contributed by atoms with Crippen LogP contribution in [0.4, 0.5) is 4.79 Å². The largest absolute Gasteiger partial charge is 0.496 e. The van der Waals surface area contributed by atoms with Gasteiger partial charge in [0.25, 0.3) is 0 Å². The van der Waals surface area contributed by atoms with Crippen LogP contribution >= 0.6 is 22.9 Å². The van der Waals surface area contributed by atoms with E-state index in [2.05, 4.69) is 5.32 Å². The maximum atomic E-state index is 12.8. The molecular formula is C19H19ClN2O3S. The Balaban J connectivity index is 1.69. The van der Waals surface area contributed by atoms with E-state index in [0.29, 0.717) is 30.4 Å². The van der Waals surface area contributed by atoms with Crippen molar-refractivity contribution in [3.05, 3.63) is 75.3 Å². The number of carbonyl (C=O) groups excluding carboxylic acids is 1. The molecule has 3 rings (SSSR count). The molecule has 2 aromatic heterocycles. The lowest BCUT2D eigenvalue weighted by Gasteiger charge is -2.22. The van der Waals surface area contributed by atoms with Gasteiger partial charge in [-0.25, -0.2) is 4.79 Å². The first kappa shape index (κ1) is 18.4. The standard InChI is InChI=1S/C19H19ClN2O3S/c1-24-18-7-6-15(20)10-14(18)11-21-19(23)22(12-16-4-2-8-25-16)13-17-5-3-9-26-17/h2-10H,11-13H2,1H3,(H,21,23). The Labute approximate surface area is 161 Å². The Bertz CT molecular complexity index is 798. The molecule has 0 aliphatic carbocycles. The molecule has 0 aliphatic heterocycles. The molecule has 0 fully saturated rings. The van der Waals surface area contributed by atoms with Gasteiger partial charge in [0.2, 0.25) is 0 Å². The van der Waals surface area contributed by atoms with Crippen LogP contribution in [0.1, 0.15) is 16.2 Å². The van der Waals surface area contributed by atoms with Gasteiger partial charge in [-0.3, -0.25) is 0 Å². The summed E-state index contributed by atoms with van der Waals surface area (Å²) >= 11 is 7.67. The predicted octanol–water partition coefficient (Wildman–Crippen LogP) is 4.92. The number of methoxy groups -OCH3 is 1. The molecule has 0 unspecified atom stereocenters. The number of urea groups is 1. The number of hydrogen-bond acceptors (Lipinski definition) is 4. The van der Waals surface area contributed by atoms with Crippen LogP contribution < -0.4 is 10.1 Å². The summed E-state index contributed by atoms with van der Waals surface area (Å²) in [6.45, 7) is 1.22.